The van der Waals surface area contributed by atoms with Crippen molar-refractivity contribution < 1.29 is 17.6 Å². The molecule has 5 nitrogen and oxygen atoms in total. The van der Waals surface area contributed by atoms with Crippen LogP contribution in [-0.2, 0) is 21.2 Å². The van der Waals surface area contributed by atoms with E-state index in [1.807, 2.05) is 0 Å². The molecule has 1 aliphatic heterocycles. The number of rotatable bonds is 5. The van der Waals surface area contributed by atoms with Crippen LogP contribution in [0.2, 0.25) is 10.0 Å². The molecule has 1 amide bonds. The van der Waals surface area contributed by atoms with Gasteiger partial charge in [-0.05, 0) is 42.3 Å². The number of carbonyl (C=O) groups is 1. The zero-order valence-electron chi connectivity index (χ0n) is 14.9. The van der Waals surface area contributed by atoms with Gasteiger partial charge in [0.15, 0.2) is 0 Å². The van der Waals surface area contributed by atoms with Gasteiger partial charge in [0, 0.05) is 32.6 Å². The molecule has 0 saturated carbocycles. The Morgan fingerprint density at radius 2 is 1.61 bits per heavy atom. The van der Waals surface area contributed by atoms with E-state index in [0.29, 0.717) is 25.9 Å². The Morgan fingerprint density at radius 3 is 2.21 bits per heavy atom. The highest BCUT2D eigenvalue weighted by atomic mass is 35.5. The molecule has 3 rings (SSSR count). The lowest BCUT2D eigenvalue weighted by Gasteiger charge is -2.34. The minimum atomic E-state index is -3.69. The van der Waals surface area contributed by atoms with Crippen LogP contribution in [-0.4, -0.2) is 49.7 Å². The molecule has 2 aromatic rings. The molecule has 0 N–H and O–H groups in total. The zero-order valence-corrected chi connectivity index (χ0v) is 17.3. The second-order valence-corrected chi connectivity index (χ2v) is 9.24. The summed E-state index contributed by atoms with van der Waals surface area (Å²) in [5, 5.41) is 0.467. The van der Waals surface area contributed by atoms with Crippen molar-refractivity contribution in [3.05, 3.63) is 63.9 Å². The summed E-state index contributed by atoms with van der Waals surface area (Å²) < 4.78 is 39.8. The Labute approximate surface area is 173 Å². The standard InChI is InChI=1S/C19H19Cl2FN2O3S/c20-17-7-6-16(13-18(17)21)28(26,27)24-11-9-23(10-12-24)19(25)8-3-14-1-4-15(22)5-2-14/h1-2,4-7,13H,3,8-12H2. The number of sulfonamides is 1. The largest absolute Gasteiger partial charge is 0.340 e. The average Bonchev–Trinajstić information content (AvgIpc) is 2.69. The van der Waals surface area contributed by atoms with Gasteiger partial charge in [0.05, 0.1) is 14.9 Å². The van der Waals surface area contributed by atoms with E-state index in [1.54, 1.807) is 17.0 Å². The second kappa shape index (κ2) is 8.78. The van der Waals surface area contributed by atoms with E-state index in [-0.39, 0.29) is 39.8 Å². The fourth-order valence-corrected chi connectivity index (χ4v) is 4.84. The first-order valence-electron chi connectivity index (χ1n) is 8.75. The monoisotopic (exact) mass is 444 g/mol. The van der Waals surface area contributed by atoms with Crippen molar-refractivity contribution in [2.45, 2.75) is 17.7 Å². The van der Waals surface area contributed by atoms with Crippen LogP contribution in [0.5, 0.6) is 0 Å². The molecule has 0 radical (unpaired) electrons. The molecule has 0 aromatic heterocycles. The highest BCUT2D eigenvalue weighted by molar-refractivity contribution is 7.89. The number of hydrogen-bond donors (Lipinski definition) is 0. The molecule has 0 aliphatic carbocycles. The van der Waals surface area contributed by atoms with E-state index in [9.17, 15) is 17.6 Å². The summed E-state index contributed by atoms with van der Waals surface area (Å²) in [7, 11) is -3.69. The maximum absolute atomic E-state index is 12.9. The van der Waals surface area contributed by atoms with E-state index in [2.05, 4.69) is 0 Å². The minimum absolute atomic E-state index is 0.0455. The van der Waals surface area contributed by atoms with Crippen molar-refractivity contribution >= 4 is 39.1 Å². The van der Waals surface area contributed by atoms with Crippen LogP contribution in [0.4, 0.5) is 4.39 Å². The van der Waals surface area contributed by atoms with E-state index in [1.165, 1.54) is 34.6 Å². The first-order chi connectivity index (χ1) is 13.3. The van der Waals surface area contributed by atoms with E-state index >= 15 is 0 Å². The van der Waals surface area contributed by atoms with Crippen molar-refractivity contribution in [2.24, 2.45) is 0 Å². The molecule has 0 spiro atoms. The Bertz CT molecular complexity index is 960. The molecule has 1 fully saturated rings. The van der Waals surface area contributed by atoms with Crippen LogP contribution in [0.25, 0.3) is 0 Å². The molecule has 2 aromatic carbocycles. The number of halogens is 3. The summed E-state index contributed by atoms with van der Waals surface area (Å²) in [4.78, 5) is 14.1. The Balaban J connectivity index is 1.56. The SMILES string of the molecule is O=C(CCc1ccc(F)cc1)N1CCN(S(=O)(=O)c2ccc(Cl)c(Cl)c2)CC1. The summed E-state index contributed by atoms with van der Waals surface area (Å²) in [5.74, 6) is -0.356. The second-order valence-electron chi connectivity index (χ2n) is 6.49. The average molecular weight is 445 g/mol. The normalized spacial score (nSPS) is 15.6. The third-order valence-electron chi connectivity index (χ3n) is 4.66. The summed E-state index contributed by atoms with van der Waals surface area (Å²) in [6, 6.07) is 10.3. The molecular formula is C19H19Cl2FN2O3S. The molecule has 9 heteroatoms. The summed E-state index contributed by atoms with van der Waals surface area (Å²) in [6.45, 7) is 1.07. The van der Waals surface area contributed by atoms with Gasteiger partial charge in [-0.2, -0.15) is 4.31 Å². The summed E-state index contributed by atoms with van der Waals surface area (Å²) in [5.41, 5.74) is 0.885. The first-order valence-corrected chi connectivity index (χ1v) is 10.9. The van der Waals surface area contributed by atoms with E-state index in [0.717, 1.165) is 5.56 Å². The first kappa shape index (κ1) is 21.0. The lowest BCUT2D eigenvalue weighted by molar-refractivity contribution is -0.132. The van der Waals surface area contributed by atoms with Gasteiger partial charge in [-0.25, -0.2) is 12.8 Å². The Kier molecular flexibility index (Phi) is 6.60. The zero-order chi connectivity index (χ0) is 20.3. The fraction of sp³-hybridized carbons (Fsp3) is 0.316. The van der Waals surface area contributed by atoms with Crippen molar-refractivity contribution in [2.75, 3.05) is 26.2 Å². The highest BCUT2D eigenvalue weighted by Gasteiger charge is 2.30. The van der Waals surface area contributed by atoms with Crippen LogP contribution >= 0.6 is 23.2 Å². The quantitative estimate of drug-likeness (QED) is 0.707. The summed E-state index contributed by atoms with van der Waals surface area (Å²) >= 11 is 11.8. The molecule has 0 unspecified atom stereocenters. The van der Waals surface area contributed by atoms with Crippen LogP contribution in [0.15, 0.2) is 47.4 Å². The van der Waals surface area contributed by atoms with Gasteiger partial charge in [0.25, 0.3) is 0 Å². The Hall–Kier alpha value is -1.67. The molecule has 150 valence electrons. The smallest absolute Gasteiger partial charge is 0.243 e. The van der Waals surface area contributed by atoms with E-state index in [4.69, 9.17) is 23.2 Å². The van der Waals surface area contributed by atoms with Crippen LogP contribution in [0.1, 0.15) is 12.0 Å². The minimum Gasteiger partial charge on any atom is -0.340 e. The van der Waals surface area contributed by atoms with Crippen LogP contribution in [0.3, 0.4) is 0 Å². The van der Waals surface area contributed by atoms with Gasteiger partial charge in [0.1, 0.15) is 5.82 Å². The van der Waals surface area contributed by atoms with Crippen molar-refractivity contribution in [3.63, 3.8) is 0 Å². The summed E-state index contributed by atoms with van der Waals surface area (Å²) in [6.07, 6.45) is 0.812. The number of amides is 1. The van der Waals surface area contributed by atoms with Crippen molar-refractivity contribution in [1.29, 1.82) is 0 Å². The topological polar surface area (TPSA) is 57.7 Å². The third-order valence-corrected chi connectivity index (χ3v) is 7.29. The maximum Gasteiger partial charge on any atom is 0.243 e. The molecule has 0 atom stereocenters. The number of carbonyl (C=O) groups excluding carboxylic acids is 1. The number of benzene rings is 2. The van der Waals surface area contributed by atoms with Gasteiger partial charge < -0.3 is 4.90 Å². The van der Waals surface area contributed by atoms with Crippen molar-refractivity contribution in [3.8, 4) is 0 Å². The van der Waals surface area contributed by atoms with Gasteiger partial charge >= 0.3 is 0 Å². The highest BCUT2D eigenvalue weighted by Crippen LogP contribution is 2.27. The van der Waals surface area contributed by atoms with Gasteiger partial charge in [-0.15, -0.1) is 0 Å². The maximum atomic E-state index is 12.9. The number of piperazine rings is 1. The molecule has 28 heavy (non-hydrogen) atoms. The fourth-order valence-electron chi connectivity index (χ4n) is 3.02. The number of aryl methyl sites for hydroxylation is 1. The molecule has 1 aliphatic rings. The van der Waals surface area contributed by atoms with Crippen LogP contribution < -0.4 is 0 Å². The predicted molar refractivity (Wildman–Crippen MR) is 107 cm³/mol. The third kappa shape index (κ3) is 4.84. The number of hydrogen-bond acceptors (Lipinski definition) is 3. The van der Waals surface area contributed by atoms with Gasteiger partial charge in [-0.3, -0.25) is 4.79 Å². The lowest BCUT2D eigenvalue weighted by atomic mass is 10.1. The molecule has 1 heterocycles. The predicted octanol–water partition coefficient (Wildman–Crippen LogP) is 3.60. The number of nitrogens with zero attached hydrogens (tertiary/aromatic N) is 2. The van der Waals surface area contributed by atoms with Crippen LogP contribution in [0, 0.1) is 5.82 Å². The molecular weight excluding hydrogens is 426 g/mol. The Morgan fingerprint density at radius 1 is 0.964 bits per heavy atom. The van der Waals surface area contributed by atoms with Crippen molar-refractivity contribution in [1.82, 2.24) is 9.21 Å². The lowest BCUT2D eigenvalue weighted by Crippen LogP contribution is -2.50. The molecule has 0 bridgehead atoms. The molecule has 1 saturated heterocycles. The van der Waals surface area contributed by atoms with Gasteiger partial charge in [-0.1, -0.05) is 35.3 Å². The van der Waals surface area contributed by atoms with E-state index < -0.39 is 10.0 Å². The van der Waals surface area contributed by atoms with Gasteiger partial charge in [0.2, 0.25) is 15.9 Å².